The number of halogens is 1. The van der Waals surface area contributed by atoms with Gasteiger partial charge in [-0.2, -0.15) is 0 Å². The summed E-state index contributed by atoms with van der Waals surface area (Å²) in [5.41, 5.74) is 3.44. The molecule has 0 amide bonds. The molecule has 0 radical (unpaired) electrons. The van der Waals surface area contributed by atoms with Crippen LogP contribution >= 0.6 is 23.4 Å². The third kappa shape index (κ3) is 5.68. The Bertz CT molecular complexity index is 667. The average molecular weight is 360 g/mol. The van der Waals surface area contributed by atoms with Crippen molar-refractivity contribution in [1.29, 1.82) is 0 Å². The van der Waals surface area contributed by atoms with Crippen molar-refractivity contribution in [3.63, 3.8) is 0 Å². The number of hydrogen-bond acceptors (Lipinski definition) is 2. The highest BCUT2D eigenvalue weighted by Gasteiger charge is 2.13. The summed E-state index contributed by atoms with van der Waals surface area (Å²) in [6.07, 6.45) is 6.55. The quantitative estimate of drug-likeness (QED) is 0.355. The van der Waals surface area contributed by atoms with E-state index in [9.17, 15) is 0 Å². The van der Waals surface area contributed by atoms with Crippen LogP contribution in [0.25, 0.3) is 0 Å². The Balaban J connectivity index is 2.39. The third-order valence-electron chi connectivity index (χ3n) is 3.96. The minimum Gasteiger partial charge on any atom is -0.256 e. The van der Waals surface area contributed by atoms with Gasteiger partial charge in [-0.3, -0.25) is 4.99 Å². The van der Waals surface area contributed by atoms with E-state index in [-0.39, 0.29) is 0 Å². The van der Waals surface area contributed by atoms with Gasteiger partial charge >= 0.3 is 0 Å². The largest absolute Gasteiger partial charge is 0.256 e. The smallest absolute Gasteiger partial charge is 0.0629 e. The Morgan fingerprint density at radius 3 is 2.58 bits per heavy atom. The van der Waals surface area contributed by atoms with Gasteiger partial charge in [-0.1, -0.05) is 57.0 Å². The number of thioether (sulfide) groups is 1. The summed E-state index contributed by atoms with van der Waals surface area (Å²) in [6.45, 7) is 6.74. The molecule has 0 spiro atoms. The van der Waals surface area contributed by atoms with Crippen molar-refractivity contribution in [3.8, 4) is 0 Å². The van der Waals surface area contributed by atoms with Crippen molar-refractivity contribution in [2.75, 3.05) is 0 Å². The zero-order valence-electron chi connectivity index (χ0n) is 14.8. The van der Waals surface area contributed by atoms with Gasteiger partial charge in [-0.25, -0.2) is 0 Å². The lowest BCUT2D eigenvalue weighted by atomic mass is 10.1. The van der Waals surface area contributed by atoms with E-state index in [0.29, 0.717) is 5.25 Å². The monoisotopic (exact) mass is 359 g/mol. The molecule has 1 nitrogen and oxygen atoms in total. The second-order valence-electron chi connectivity index (χ2n) is 6.02. The van der Waals surface area contributed by atoms with Crippen LogP contribution in [0.5, 0.6) is 0 Å². The molecule has 0 saturated heterocycles. The Morgan fingerprint density at radius 2 is 1.92 bits per heavy atom. The summed E-state index contributed by atoms with van der Waals surface area (Å²) in [7, 11) is 0. The predicted molar refractivity (Wildman–Crippen MR) is 109 cm³/mol. The number of benzene rings is 2. The standard InChI is InChI=1S/C21H26ClNS/c1-4-6-10-17-13-19(22)14-18(21(17)24-16(3)5-2)15-23-20-11-8-7-9-12-20/h7-9,11-16H,4-6,10H2,1-3H3. The molecular weight excluding hydrogens is 334 g/mol. The van der Waals surface area contributed by atoms with Crippen molar-refractivity contribution in [1.82, 2.24) is 0 Å². The first-order valence-corrected chi connectivity index (χ1v) is 9.98. The van der Waals surface area contributed by atoms with Crippen LogP contribution in [0, 0.1) is 0 Å². The Morgan fingerprint density at radius 1 is 1.17 bits per heavy atom. The van der Waals surface area contributed by atoms with E-state index in [4.69, 9.17) is 11.6 Å². The van der Waals surface area contributed by atoms with E-state index in [0.717, 1.165) is 29.1 Å². The molecule has 0 heterocycles. The first kappa shape index (κ1) is 19.1. The minimum atomic E-state index is 0.579. The van der Waals surface area contributed by atoms with E-state index >= 15 is 0 Å². The molecule has 0 bridgehead atoms. The van der Waals surface area contributed by atoms with Crippen LogP contribution in [0.4, 0.5) is 5.69 Å². The van der Waals surface area contributed by atoms with E-state index in [1.54, 1.807) is 0 Å². The van der Waals surface area contributed by atoms with Gasteiger partial charge in [0.25, 0.3) is 0 Å². The van der Waals surface area contributed by atoms with Gasteiger partial charge in [-0.05, 0) is 49.1 Å². The molecule has 3 heteroatoms. The average Bonchev–Trinajstić information content (AvgIpc) is 2.60. The molecule has 24 heavy (non-hydrogen) atoms. The van der Waals surface area contributed by atoms with Crippen molar-refractivity contribution in [3.05, 3.63) is 58.6 Å². The molecule has 2 rings (SSSR count). The lowest BCUT2D eigenvalue weighted by molar-refractivity contribution is 0.784. The zero-order chi connectivity index (χ0) is 17.4. The van der Waals surface area contributed by atoms with Crippen LogP contribution < -0.4 is 0 Å². The van der Waals surface area contributed by atoms with Crippen LogP contribution in [0.2, 0.25) is 5.02 Å². The fourth-order valence-corrected chi connectivity index (χ4v) is 3.79. The molecule has 0 aliphatic carbocycles. The lowest BCUT2D eigenvalue weighted by Gasteiger charge is -2.16. The fourth-order valence-electron chi connectivity index (χ4n) is 2.41. The fraction of sp³-hybridized carbons (Fsp3) is 0.381. The maximum absolute atomic E-state index is 6.38. The Kier molecular flexibility index (Phi) is 7.87. The van der Waals surface area contributed by atoms with Crippen molar-refractivity contribution in [2.45, 2.75) is 56.6 Å². The highest BCUT2D eigenvalue weighted by Crippen LogP contribution is 2.34. The molecule has 0 aliphatic heterocycles. The summed E-state index contributed by atoms with van der Waals surface area (Å²) in [4.78, 5) is 5.97. The lowest BCUT2D eigenvalue weighted by Crippen LogP contribution is -2.00. The van der Waals surface area contributed by atoms with Gasteiger partial charge in [0.05, 0.1) is 5.69 Å². The van der Waals surface area contributed by atoms with E-state index < -0.39 is 0 Å². The maximum Gasteiger partial charge on any atom is 0.0629 e. The molecular formula is C21H26ClNS. The van der Waals surface area contributed by atoms with Gasteiger partial charge in [-0.15, -0.1) is 11.8 Å². The van der Waals surface area contributed by atoms with Crippen LogP contribution in [0.15, 0.2) is 52.4 Å². The minimum absolute atomic E-state index is 0.579. The molecule has 0 N–H and O–H groups in total. The summed E-state index contributed by atoms with van der Waals surface area (Å²) in [5, 5.41) is 1.37. The molecule has 0 fully saturated rings. The van der Waals surface area contributed by atoms with Gasteiger partial charge < -0.3 is 0 Å². The van der Waals surface area contributed by atoms with Crippen LogP contribution in [0.1, 0.15) is 51.2 Å². The first-order valence-electron chi connectivity index (χ1n) is 8.72. The Labute approximate surface area is 155 Å². The summed E-state index contributed by atoms with van der Waals surface area (Å²) >= 11 is 8.32. The van der Waals surface area contributed by atoms with Crippen LogP contribution in [-0.2, 0) is 6.42 Å². The predicted octanol–water partition coefficient (Wildman–Crippen LogP) is 7.32. The van der Waals surface area contributed by atoms with Crippen molar-refractivity contribution < 1.29 is 0 Å². The second-order valence-corrected chi connectivity index (χ2v) is 7.90. The maximum atomic E-state index is 6.38. The second kappa shape index (κ2) is 9.90. The molecule has 0 saturated carbocycles. The Hall–Kier alpha value is -1.25. The number of hydrogen-bond donors (Lipinski definition) is 0. The van der Waals surface area contributed by atoms with Gasteiger partial charge in [0.15, 0.2) is 0 Å². The van der Waals surface area contributed by atoms with Crippen molar-refractivity contribution >= 4 is 35.3 Å². The zero-order valence-corrected chi connectivity index (χ0v) is 16.3. The number of aliphatic imine (C=N–C) groups is 1. The van der Waals surface area contributed by atoms with Gasteiger partial charge in [0, 0.05) is 26.9 Å². The van der Waals surface area contributed by atoms with Crippen LogP contribution in [-0.4, -0.2) is 11.5 Å². The van der Waals surface area contributed by atoms with E-state index in [1.807, 2.05) is 54.4 Å². The summed E-state index contributed by atoms with van der Waals surface area (Å²) in [6, 6.07) is 14.2. The number of para-hydroxylation sites is 1. The highest BCUT2D eigenvalue weighted by atomic mass is 35.5. The topological polar surface area (TPSA) is 12.4 Å². The van der Waals surface area contributed by atoms with Crippen molar-refractivity contribution in [2.24, 2.45) is 4.99 Å². The van der Waals surface area contributed by atoms with E-state index in [1.165, 1.54) is 23.3 Å². The molecule has 1 atom stereocenters. The molecule has 2 aromatic carbocycles. The third-order valence-corrected chi connectivity index (χ3v) is 5.65. The van der Waals surface area contributed by atoms with Crippen LogP contribution in [0.3, 0.4) is 0 Å². The molecule has 1 unspecified atom stereocenters. The summed E-state index contributed by atoms with van der Waals surface area (Å²) < 4.78 is 0. The number of nitrogens with zero attached hydrogens (tertiary/aromatic N) is 1. The molecule has 2 aromatic rings. The normalized spacial score (nSPS) is 12.7. The highest BCUT2D eigenvalue weighted by molar-refractivity contribution is 8.00. The SMILES string of the molecule is CCCCc1cc(Cl)cc(C=Nc2ccccc2)c1SC(C)CC. The molecule has 128 valence electrons. The molecule has 0 aromatic heterocycles. The number of rotatable bonds is 8. The van der Waals surface area contributed by atoms with Gasteiger partial charge in [0.2, 0.25) is 0 Å². The number of aryl methyl sites for hydroxylation is 1. The van der Waals surface area contributed by atoms with E-state index in [2.05, 4.69) is 31.8 Å². The first-order chi connectivity index (χ1) is 11.6. The molecule has 0 aliphatic rings. The summed E-state index contributed by atoms with van der Waals surface area (Å²) in [5.74, 6) is 0. The number of unbranched alkanes of at least 4 members (excludes halogenated alkanes) is 1. The van der Waals surface area contributed by atoms with Gasteiger partial charge in [0.1, 0.15) is 0 Å².